The third-order valence-corrected chi connectivity index (χ3v) is 7.07. The zero-order chi connectivity index (χ0) is 15.1. The molecule has 1 saturated heterocycles. The second-order valence-corrected chi connectivity index (χ2v) is 9.85. The summed E-state index contributed by atoms with van der Waals surface area (Å²) >= 11 is 4.74. The number of likely N-dealkylation sites (N-methyl/N-ethyl adjacent to an activating group) is 1. The molecule has 0 saturated carbocycles. The zero-order valence-electron chi connectivity index (χ0n) is 11.7. The Morgan fingerprint density at radius 2 is 2.20 bits per heavy atom. The Labute approximate surface area is 132 Å². The first-order valence-corrected chi connectivity index (χ1v) is 9.37. The summed E-state index contributed by atoms with van der Waals surface area (Å²) in [5.41, 5.74) is 0. The number of hydrogen-bond acceptors (Lipinski definition) is 5. The second-order valence-electron chi connectivity index (χ2n) is 5.35. The van der Waals surface area contributed by atoms with Crippen molar-refractivity contribution < 1.29 is 13.5 Å². The van der Waals surface area contributed by atoms with E-state index in [-0.39, 0.29) is 12.6 Å². The van der Waals surface area contributed by atoms with Crippen LogP contribution in [0.4, 0.5) is 0 Å². The number of rotatable bonds is 4. The molecule has 8 heteroatoms. The summed E-state index contributed by atoms with van der Waals surface area (Å²) in [5.74, 6) is 0. The van der Waals surface area contributed by atoms with Gasteiger partial charge in [-0.3, -0.25) is 0 Å². The highest BCUT2D eigenvalue weighted by Crippen LogP contribution is 2.34. The summed E-state index contributed by atoms with van der Waals surface area (Å²) in [7, 11) is 0.260. The highest BCUT2D eigenvalue weighted by atomic mass is 79.9. The Kier molecular flexibility index (Phi) is 4.93. The second kappa shape index (κ2) is 6.02. The number of thiophene rings is 1. The number of aryl methyl sites for hydroxylation is 1. The van der Waals surface area contributed by atoms with Gasteiger partial charge in [-0.25, -0.2) is 8.42 Å². The maximum atomic E-state index is 12.8. The molecule has 1 N–H and O–H groups in total. The molecule has 0 spiro atoms. The van der Waals surface area contributed by atoms with Crippen molar-refractivity contribution in [2.45, 2.75) is 30.4 Å². The van der Waals surface area contributed by atoms with Crippen molar-refractivity contribution in [1.82, 2.24) is 9.21 Å². The smallest absolute Gasteiger partial charge is 0.244 e. The summed E-state index contributed by atoms with van der Waals surface area (Å²) in [6.45, 7) is 2.59. The molecule has 1 aliphatic heterocycles. The molecule has 1 aromatic rings. The van der Waals surface area contributed by atoms with Gasteiger partial charge >= 0.3 is 0 Å². The van der Waals surface area contributed by atoms with Gasteiger partial charge in [0.25, 0.3) is 0 Å². The SMILES string of the molecule is Cc1sc(Br)cc1S(=O)(=O)N1CC(O)CC1CN(C)C. The Balaban J connectivity index is 2.34. The fourth-order valence-corrected chi connectivity index (χ4v) is 6.61. The Morgan fingerprint density at radius 1 is 1.55 bits per heavy atom. The number of β-amino-alcohol motifs (C(OH)–C–C–N with tert-alkyl or cyclic N) is 1. The van der Waals surface area contributed by atoms with Gasteiger partial charge in [0, 0.05) is 24.0 Å². The van der Waals surface area contributed by atoms with Crippen LogP contribution in [-0.2, 0) is 10.0 Å². The van der Waals surface area contributed by atoms with Gasteiger partial charge in [-0.1, -0.05) is 0 Å². The molecule has 2 heterocycles. The lowest BCUT2D eigenvalue weighted by Gasteiger charge is -2.26. The van der Waals surface area contributed by atoms with Crippen LogP contribution in [0.3, 0.4) is 0 Å². The molecule has 2 atom stereocenters. The van der Waals surface area contributed by atoms with E-state index in [1.54, 1.807) is 13.0 Å². The van der Waals surface area contributed by atoms with Gasteiger partial charge in [0.2, 0.25) is 10.0 Å². The molecular weight excluding hydrogens is 364 g/mol. The van der Waals surface area contributed by atoms with Crippen LogP contribution in [0.2, 0.25) is 0 Å². The van der Waals surface area contributed by atoms with Crippen molar-refractivity contribution in [2.75, 3.05) is 27.2 Å². The third-order valence-electron chi connectivity index (χ3n) is 3.35. The van der Waals surface area contributed by atoms with Crippen LogP contribution in [0, 0.1) is 6.92 Å². The zero-order valence-corrected chi connectivity index (χ0v) is 14.9. The molecule has 0 bridgehead atoms. The van der Waals surface area contributed by atoms with Gasteiger partial charge in [-0.15, -0.1) is 11.3 Å². The first-order chi connectivity index (χ1) is 9.21. The molecule has 0 radical (unpaired) electrons. The van der Waals surface area contributed by atoms with E-state index < -0.39 is 16.1 Å². The molecule has 0 amide bonds. The fourth-order valence-electron chi connectivity index (χ4n) is 2.56. The molecule has 20 heavy (non-hydrogen) atoms. The standard InChI is InChI=1S/C12H19BrN2O3S2/c1-8-11(5-12(13)19-8)20(17,18)15-7-10(16)4-9(15)6-14(2)3/h5,9-10,16H,4,6-7H2,1-3H3. The first-order valence-electron chi connectivity index (χ1n) is 6.32. The van der Waals surface area contributed by atoms with Crippen molar-refractivity contribution in [3.8, 4) is 0 Å². The number of aliphatic hydroxyl groups excluding tert-OH is 1. The van der Waals surface area contributed by atoms with Crippen molar-refractivity contribution in [2.24, 2.45) is 0 Å². The van der Waals surface area contributed by atoms with Gasteiger partial charge in [-0.2, -0.15) is 4.31 Å². The van der Waals surface area contributed by atoms with Crippen molar-refractivity contribution in [3.05, 3.63) is 14.7 Å². The van der Waals surface area contributed by atoms with Crippen molar-refractivity contribution >= 4 is 37.3 Å². The summed E-state index contributed by atoms with van der Waals surface area (Å²) in [6.07, 6.45) is -0.0982. The van der Waals surface area contributed by atoms with Crippen LogP contribution < -0.4 is 0 Å². The molecule has 114 valence electrons. The van der Waals surface area contributed by atoms with Crippen LogP contribution in [-0.4, -0.2) is 62.1 Å². The van der Waals surface area contributed by atoms with Gasteiger partial charge < -0.3 is 10.0 Å². The van der Waals surface area contributed by atoms with E-state index in [0.29, 0.717) is 17.9 Å². The molecular formula is C12H19BrN2O3S2. The van der Waals surface area contributed by atoms with E-state index in [1.807, 2.05) is 19.0 Å². The van der Waals surface area contributed by atoms with E-state index in [2.05, 4.69) is 15.9 Å². The monoisotopic (exact) mass is 382 g/mol. The van der Waals surface area contributed by atoms with Crippen LogP contribution in [0.15, 0.2) is 14.7 Å². The molecule has 1 aromatic heterocycles. The number of hydrogen-bond donors (Lipinski definition) is 1. The predicted octanol–water partition coefficient (Wildman–Crippen LogP) is 1.50. The minimum atomic E-state index is -3.55. The third kappa shape index (κ3) is 3.26. The van der Waals surface area contributed by atoms with E-state index in [0.717, 1.165) is 8.66 Å². The largest absolute Gasteiger partial charge is 0.392 e. The van der Waals surface area contributed by atoms with E-state index >= 15 is 0 Å². The minimum absolute atomic E-state index is 0.174. The average molecular weight is 383 g/mol. The van der Waals surface area contributed by atoms with Gasteiger partial charge in [0.05, 0.1) is 14.8 Å². The normalized spacial score (nSPS) is 24.7. The molecule has 2 rings (SSSR count). The first kappa shape index (κ1) is 16.4. The topological polar surface area (TPSA) is 60.9 Å². The summed E-state index contributed by atoms with van der Waals surface area (Å²) in [4.78, 5) is 3.05. The quantitative estimate of drug-likeness (QED) is 0.856. The lowest BCUT2D eigenvalue weighted by atomic mass is 10.2. The molecule has 2 unspecified atom stereocenters. The van der Waals surface area contributed by atoms with E-state index in [4.69, 9.17) is 0 Å². The summed E-state index contributed by atoms with van der Waals surface area (Å²) in [5, 5.41) is 9.84. The lowest BCUT2D eigenvalue weighted by Crippen LogP contribution is -2.41. The fraction of sp³-hybridized carbons (Fsp3) is 0.667. The summed E-state index contributed by atoms with van der Waals surface area (Å²) in [6, 6.07) is 1.47. The van der Waals surface area contributed by atoms with Gasteiger partial charge in [-0.05, 0) is 49.4 Å². The van der Waals surface area contributed by atoms with Crippen molar-refractivity contribution in [1.29, 1.82) is 0 Å². The van der Waals surface area contributed by atoms with Crippen LogP contribution in [0.1, 0.15) is 11.3 Å². The molecule has 0 aromatic carbocycles. The van der Waals surface area contributed by atoms with Crippen LogP contribution in [0.5, 0.6) is 0 Å². The minimum Gasteiger partial charge on any atom is -0.392 e. The van der Waals surface area contributed by atoms with Gasteiger partial charge in [0.1, 0.15) is 0 Å². The molecule has 1 fully saturated rings. The number of aliphatic hydroxyl groups is 1. The highest BCUT2D eigenvalue weighted by molar-refractivity contribution is 9.11. The maximum Gasteiger partial charge on any atom is 0.244 e. The maximum absolute atomic E-state index is 12.8. The van der Waals surface area contributed by atoms with Gasteiger partial charge in [0.15, 0.2) is 0 Å². The Bertz CT molecular complexity index is 586. The Hall–Kier alpha value is 0.01000. The number of halogens is 1. The number of sulfonamides is 1. The average Bonchev–Trinajstić information content (AvgIpc) is 2.81. The molecule has 0 aliphatic carbocycles. The highest BCUT2D eigenvalue weighted by Gasteiger charge is 2.40. The van der Waals surface area contributed by atoms with Crippen molar-refractivity contribution in [3.63, 3.8) is 0 Å². The predicted molar refractivity (Wildman–Crippen MR) is 83.6 cm³/mol. The van der Waals surface area contributed by atoms with Crippen LogP contribution in [0.25, 0.3) is 0 Å². The summed E-state index contributed by atoms with van der Waals surface area (Å²) < 4.78 is 27.8. The Morgan fingerprint density at radius 3 is 2.70 bits per heavy atom. The number of nitrogens with zero attached hydrogens (tertiary/aromatic N) is 2. The molecule has 5 nitrogen and oxygen atoms in total. The van der Waals surface area contributed by atoms with Crippen LogP contribution >= 0.6 is 27.3 Å². The van der Waals surface area contributed by atoms with E-state index in [1.165, 1.54) is 15.6 Å². The molecule has 1 aliphatic rings. The lowest BCUT2D eigenvalue weighted by molar-refractivity contribution is 0.188. The van der Waals surface area contributed by atoms with E-state index in [9.17, 15) is 13.5 Å².